The van der Waals surface area contributed by atoms with Gasteiger partial charge in [-0.15, -0.1) is 6.58 Å². The molecule has 7 nitrogen and oxygen atoms in total. The van der Waals surface area contributed by atoms with Crippen molar-refractivity contribution in [2.45, 2.75) is 13.3 Å². The summed E-state index contributed by atoms with van der Waals surface area (Å²) >= 11 is 3.34. The second kappa shape index (κ2) is 10.4. The van der Waals surface area contributed by atoms with Crippen LogP contribution in [0.4, 0.5) is 5.69 Å². The largest absolute Gasteiger partial charge is 0.504 e. The van der Waals surface area contributed by atoms with Crippen molar-refractivity contribution in [1.29, 1.82) is 0 Å². The minimum atomic E-state index is -0.954. The number of hydrazone groups is 1. The number of benzene rings is 2. The van der Waals surface area contributed by atoms with Crippen molar-refractivity contribution < 1.29 is 19.4 Å². The molecule has 3 N–H and O–H groups in total. The van der Waals surface area contributed by atoms with Crippen LogP contribution in [0.1, 0.15) is 18.1 Å². The number of anilines is 1. The molecule has 1 unspecified atom stereocenters. The molecule has 2 aromatic rings. The summed E-state index contributed by atoms with van der Waals surface area (Å²) in [5.74, 6) is -1.64. The zero-order chi connectivity index (χ0) is 21.4. The average molecular weight is 460 g/mol. The molecular weight excluding hydrogens is 438 g/mol. The van der Waals surface area contributed by atoms with E-state index in [0.717, 1.165) is 4.47 Å². The lowest BCUT2D eigenvalue weighted by Crippen LogP contribution is -2.34. The van der Waals surface area contributed by atoms with Gasteiger partial charge in [0, 0.05) is 10.0 Å². The molecule has 2 amide bonds. The Hall–Kier alpha value is -3.13. The first kappa shape index (κ1) is 22.2. The fourth-order valence-corrected chi connectivity index (χ4v) is 2.80. The Labute approximate surface area is 177 Å². The number of nitrogens with zero attached hydrogens (tertiary/aromatic N) is 1. The van der Waals surface area contributed by atoms with Crippen LogP contribution in [0.5, 0.6) is 11.5 Å². The lowest BCUT2D eigenvalue weighted by molar-refractivity contribution is -0.131. The van der Waals surface area contributed by atoms with Crippen molar-refractivity contribution in [2.24, 2.45) is 11.0 Å². The number of carbonyl (C=O) groups is 2. The predicted octanol–water partition coefficient (Wildman–Crippen LogP) is 3.62. The first-order chi connectivity index (χ1) is 13.9. The maximum absolute atomic E-state index is 12.3. The highest BCUT2D eigenvalue weighted by Crippen LogP contribution is 2.31. The molecule has 0 aromatic heterocycles. The summed E-state index contributed by atoms with van der Waals surface area (Å²) in [5, 5.41) is 16.7. The Kier molecular flexibility index (Phi) is 7.97. The van der Waals surface area contributed by atoms with Crippen LogP contribution in [0.15, 0.2) is 58.6 Å². The van der Waals surface area contributed by atoms with E-state index in [9.17, 15) is 14.7 Å². The van der Waals surface area contributed by atoms with E-state index in [1.807, 2.05) is 6.07 Å². The van der Waals surface area contributed by atoms with Gasteiger partial charge < -0.3 is 15.2 Å². The van der Waals surface area contributed by atoms with Gasteiger partial charge in [-0.25, -0.2) is 5.43 Å². The number of para-hydroxylation sites is 1. The number of allylic oxidation sites excluding steroid dienone is 1. The molecule has 8 heteroatoms. The van der Waals surface area contributed by atoms with Crippen molar-refractivity contribution >= 4 is 39.6 Å². The van der Waals surface area contributed by atoms with Gasteiger partial charge >= 0.3 is 0 Å². The van der Waals surface area contributed by atoms with E-state index in [-0.39, 0.29) is 5.75 Å². The Balaban J connectivity index is 2.03. The first-order valence-corrected chi connectivity index (χ1v) is 9.55. The molecule has 0 radical (unpaired) electrons. The van der Waals surface area contributed by atoms with E-state index in [2.05, 4.69) is 38.4 Å². The van der Waals surface area contributed by atoms with Crippen LogP contribution in [0.25, 0.3) is 0 Å². The number of hydrogen-bond donors (Lipinski definition) is 3. The number of phenols is 1. The van der Waals surface area contributed by atoms with E-state index in [1.54, 1.807) is 36.4 Å². The maximum atomic E-state index is 12.3. The third kappa shape index (κ3) is 5.92. The Morgan fingerprint density at radius 3 is 2.69 bits per heavy atom. The van der Waals surface area contributed by atoms with Crippen molar-refractivity contribution in [2.75, 3.05) is 12.4 Å². The lowest BCUT2D eigenvalue weighted by atomic mass is 10.1. The molecule has 0 saturated carbocycles. The highest BCUT2D eigenvalue weighted by molar-refractivity contribution is 9.10. The van der Waals surface area contributed by atoms with Crippen molar-refractivity contribution in [1.82, 2.24) is 5.43 Å². The number of carbonyl (C=O) groups excluding carboxylic acids is 2. The number of halogens is 1. The lowest BCUT2D eigenvalue weighted by Gasteiger charge is -2.12. The van der Waals surface area contributed by atoms with Crippen LogP contribution < -0.4 is 15.5 Å². The van der Waals surface area contributed by atoms with Gasteiger partial charge in [-0.1, -0.05) is 18.2 Å². The van der Waals surface area contributed by atoms with Crippen LogP contribution in [0.3, 0.4) is 0 Å². The SMILES string of the molecule is C=CCc1cc(/C=N/NC(=O)C(C)C(=O)Nc2ccccc2Br)cc(OC)c1O. The number of ether oxygens (including phenoxy) is 1. The van der Waals surface area contributed by atoms with Crippen LogP contribution in [0, 0.1) is 5.92 Å². The predicted molar refractivity (Wildman–Crippen MR) is 116 cm³/mol. The number of nitrogens with one attached hydrogen (secondary N) is 2. The zero-order valence-electron chi connectivity index (χ0n) is 16.1. The molecular formula is C21H22BrN3O4. The molecule has 0 aliphatic carbocycles. The fourth-order valence-electron chi connectivity index (χ4n) is 2.42. The third-order valence-corrected chi connectivity index (χ3v) is 4.76. The normalized spacial score (nSPS) is 11.7. The average Bonchev–Trinajstić information content (AvgIpc) is 2.71. The van der Waals surface area contributed by atoms with Gasteiger partial charge in [-0.3, -0.25) is 9.59 Å². The van der Waals surface area contributed by atoms with Gasteiger partial charge in [0.15, 0.2) is 11.5 Å². The molecule has 2 rings (SSSR count). The molecule has 2 aromatic carbocycles. The highest BCUT2D eigenvalue weighted by atomic mass is 79.9. The topological polar surface area (TPSA) is 100 Å². The summed E-state index contributed by atoms with van der Waals surface area (Å²) in [5.41, 5.74) is 4.16. The fraction of sp³-hybridized carbons (Fsp3) is 0.190. The Bertz CT molecular complexity index is 944. The summed E-state index contributed by atoms with van der Waals surface area (Å²) in [6, 6.07) is 10.4. The van der Waals surface area contributed by atoms with Crippen LogP contribution in [-0.2, 0) is 16.0 Å². The van der Waals surface area contributed by atoms with Crippen molar-refractivity contribution in [3.8, 4) is 11.5 Å². The van der Waals surface area contributed by atoms with Gasteiger partial charge in [-0.05, 0) is 59.1 Å². The van der Waals surface area contributed by atoms with E-state index < -0.39 is 17.7 Å². The highest BCUT2D eigenvalue weighted by Gasteiger charge is 2.21. The van der Waals surface area contributed by atoms with Crippen LogP contribution in [0.2, 0.25) is 0 Å². The molecule has 152 valence electrons. The minimum absolute atomic E-state index is 0.0333. The Morgan fingerprint density at radius 2 is 2.03 bits per heavy atom. The van der Waals surface area contributed by atoms with Gasteiger partial charge in [0.2, 0.25) is 5.91 Å². The molecule has 0 heterocycles. The number of hydrogen-bond acceptors (Lipinski definition) is 5. The van der Waals surface area contributed by atoms with E-state index >= 15 is 0 Å². The van der Waals surface area contributed by atoms with Crippen molar-refractivity contribution in [3.63, 3.8) is 0 Å². The molecule has 0 saturated heterocycles. The van der Waals surface area contributed by atoms with Crippen LogP contribution >= 0.6 is 15.9 Å². The number of phenolic OH excluding ortho intramolecular Hbond substituents is 1. The smallest absolute Gasteiger partial charge is 0.252 e. The standard InChI is InChI=1S/C21H22BrN3O4/c1-4-7-15-10-14(11-18(29-3)19(15)26)12-23-25-21(28)13(2)20(27)24-17-9-6-5-8-16(17)22/h4-6,8-13,26H,1,7H2,2-3H3,(H,24,27)(H,25,28)/b23-12+. The first-order valence-electron chi connectivity index (χ1n) is 8.76. The number of aromatic hydroxyl groups is 1. The summed E-state index contributed by atoms with van der Waals surface area (Å²) < 4.78 is 5.86. The maximum Gasteiger partial charge on any atom is 0.252 e. The number of amides is 2. The summed E-state index contributed by atoms with van der Waals surface area (Å²) in [6.07, 6.45) is 3.51. The zero-order valence-corrected chi connectivity index (χ0v) is 17.7. The molecule has 0 bridgehead atoms. The molecule has 1 atom stereocenters. The van der Waals surface area contributed by atoms with E-state index in [1.165, 1.54) is 20.2 Å². The van der Waals surface area contributed by atoms with Gasteiger partial charge in [0.1, 0.15) is 5.92 Å². The third-order valence-electron chi connectivity index (χ3n) is 4.07. The number of methoxy groups -OCH3 is 1. The Morgan fingerprint density at radius 1 is 1.31 bits per heavy atom. The quantitative estimate of drug-likeness (QED) is 0.243. The van der Waals surface area contributed by atoms with Gasteiger partial charge in [0.25, 0.3) is 5.91 Å². The molecule has 0 aliphatic rings. The van der Waals surface area contributed by atoms with E-state index in [4.69, 9.17) is 4.74 Å². The summed E-state index contributed by atoms with van der Waals surface area (Å²) in [6.45, 7) is 5.14. The van der Waals surface area contributed by atoms with Crippen LogP contribution in [-0.4, -0.2) is 30.2 Å². The van der Waals surface area contributed by atoms with Crippen molar-refractivity contribution in [3.05, 3.63) is 64.7 Å². The second-order valence-corrected chi connectivity index (χ2v) is 7.00. The molecule has 0 spiro atoms. The molecule has 0 fully saturated rings. The number of rotatable bonds is 8. The second-order valence-electron chi connectivity index (χ2n) is 6.15. The minimum Gasteiger partial charge on any atom is -0.504 e. The molecule has 29 heavy (non-hydrogen) atoms. The summed E-state index contributed by atoms with van der Waals surface area (Å²) in [4.78, 5) is 24.5. The monoisotopic (exact) mass is 459 g/mol. The van der Waals surface area contributed by atoms with E-state index in [0.29, 0.717) is 29.0 Å². The molecule has 0 aliphatic heterocycles. The van der Waals surface area contributed by atoms with Gasteiger partial charge in [-0.2, -0.15) is 5.10 Å². The summed E-state index contributed by atoms with van der Waals surface area (Å²) in [7, 11) is 1.45. The van der Waals surface area contributed by atoms with Gasteiger partial charge in [0.05, 0.1) is 19.0 Å².